The second kappa shape index (κ2) is 32.0. The van der Waals surface area contributed by atoms with E-state index in [4.69, 9.17) is 15.2 Å². The number of phenols is 1. The number of fused-ring (bicyclic) bond motifs is 2. The number of β-amino-alcohol motifs (C(OH)–C–C–N with tert-alkyl or cyclic N) is 1. The highest BCUT2D eigenvalue weighted by Crippen LogP contribution is 2.33. The number of unbranched alkanes of at least 4 members (excludes halogenated alkanes) is 4. The molecule has 13 atom stereocenters. The summed E-state index contributed by atoms with van der Waals surface area (Å²) in [5, 5.41) is 100. The van der Waals surface area contributed by atoms with Gasteiger partial charge in [0, 0.05) is 75.2 Å². The van der Waals surface area contributed by atoms with E-state index in [1.54, 1.807) is 19.2 Å². The minimum absolute atomic E-state index is 0.00513. The van der Waals surface area contributed by atoms with Gasteiger partial charge in [0.25, 0.3) is 5.91 Å². The molecule has 30 nitrogen and oxygen atoms in total. The van der Waals surface area contributed by atoms with Crippen molar-refractivity contribution in [3.8, 4) is 38.4 Å². The molecule has 0 spiro atoms. The van der Waals surface area contributed by atoms with Crippen LogP contribution in [-0.2, 0) is 50.3 Å². The van der Waals surface area contributed by atoms with Crippen molar-refractivity contribution < 1.29 is 95.9 Å². The molecule has 3 aromatic carbocycles. The third-order valence-corrected chi connectivity index (χ3v) is 17.0. The van der Waals surface area contributed by atoms with Crippen LogP contribution in [0, 0.1) is 5.92 Å². The summed E-state index contributed by atoms with van der Waals surface area (Å²) in [6, 6.07) is 4.96. The van der Waals surface area contributed by atoms with Gasteiger partial charge in [-0.1, -0.05) is 55.7 Å². The largest absolute Gasteiger partial charge is 0.504 e. The molecule has 7 rings (SSSR count). The van der Waals surface area contributed by atoms with Gasteiger partial charge in [0.2, 0.25) is 35.4 Å². The van der Waals surface area contributed by atoms with Crippen LogP contribution in [0.5, 0.6) is 17.2 Å². The number of phenolic OH excluding ortho intramolecular Hbond substituents is 1. The molecule has 3 aliphatic heterocycles. The van der Waals surface area contributed by atoms with Gasteiger partial charge < -0.3 is 91.5 Å². The van der Waals surface area contributed by atoms with E-state index in [0.29, 0.717) is 27.9 Å². The van der Waals surface area contributed by atoms with Crippen molar-refractivity contribution in [2.45, 2.75) is 145 Å². The van der Waals surface area contributed by atoms with Crippen molar-refractivity contribution in [2.24, 2.45) is 11.7 Å². The lowest BCUT2D eigenvalue weighted by Gasteiger charge is -2.34. The Balaban J connectivity index is 1.15. The van der Waals surface area contributed by atoms with Gasteiger partial charge in [-0.25, -0.2) is 0 Å². The number of hydrogen-bond donors (Lipinski definition) is 14. The van der Waals surface area contributed by atoms with Crippen LogP contribution in [-0.4, -0.2) is 229 Å². The Morgan fingerprint density at radius 2 is 1.37 bits per heavy atom. The average Bonchev–Trinajstić information content (AvgIpc) is 1.67. The van der Waals surface area contributed by atoms with Gasteiger partial charge in [-0.05, 0) is 86.8 Å². The fraction of sp³-hybridized carbons (Fsp3) is 0.534. The second-order valence-corrected chi connectivity index (χ2v) is 24.5. The molecule has 4 heterocycles. The average molecular weight is 1300 g/mol. The number of rotatable bonds is 22. The smallest absolute Gasteiger partial charge is 0.446 e. The Labute approximate surface area is 522 Å². The zero-order chi connectivity index (χ0) is 65.6. The first-order valence-electron chi connectivity index (χ1n) is 29.3. The van der Waals surface area contributed by atoms with Crippen LogP contribution in [0.4, 0.5) is 0 Å². The second-order valence-electron chi connectivity index (χ2n) is 22.5. The molecule has 15 N–H and O–H groups in total. The van der Waals surface area contributed by atoms with Crippen LogP contribution < -0.4 is 41.2 Å². The summed E-state index contributed by atoms with van der Waals surface area (Å²) in [6.45, 7) is 2.02. The predicted molar refractivity (Wildman–Crippen MR) is 320 cm³/mol. The monoisotopic (exact) mass is 1300 g/mol. The quantitative estimate of drug-likeness (QED) is 0.0300. The minimum atomic E-state index is -5.21. The Kier molecular flexibility index (Phi) is 24.9. The van der Waals surface area contributed by atoms with Crippen molar-refractivity contribution in [3.63, 3.8) is 0 Å². The lowest BCUT2D eigenvalue weighted by Crippen LogP contribution is -2.64. The Bertz CT molecular complexity index is 3250. The van der Waals surface area contributed by atoms with Crippen LogP contribution in [0.25, 0.3) is 21.1 Å². The molecule has 3 saturated heterocycles. The molecule has 492 valence electrons. The first-order chi connectivity index (χ1) is 42.8. The van der Waals surface area contributed by atoms with Gasteiger partial charge in [0.05, 0.1) is 43.2 Å². The molecule has 3 aliphatic rings. The van der Waals surface area contributed by atoms with Crippen molar-refractivity contribution in [1.82, 2.24) is 46.6 Å². The maximum atomic E-state index is 14.7. The number of carbonyl (C=O) groups is 7. The van der Waals surface area contributed by atoms with Crippen LogP contribution in [0.1, 0.15) is 81.1 Å². The summed E-state index contributed by atoms with van der Waals surface area (Å²) in [4.78, 5) is 103. The third-order valence-electron chi connectivity index (χ3n) is 15.6. The molecule has 0 saturated carbocycles. The molecule has 4 aromatic rings. The number of nitrogens with one attached hydrogen (secondary N) is 5. The van der Waals surface area contributed by atoms with E-state index in [9.17, 15) is 82.3 Å². The summed E-state index contributed by atoms with van der Waals surface area (Å²) >= 11 is 1.29. The number of amides is 7. The summed E-state index contributed by atoms with van der Waals surface area (Å²) in [7, 11) is -3.52. The van der Waals surface area contributed by atoms with Gasteiger partial charge in [-0.3, -0.25) is 38.1 Å². The maximum absolute atomic E-state index is 14.7. The number of benzene rings is 3. The number of nitrogens with two attached hydrogens (primary N) is 1. The number of aromatic hydroxyl groups is 1. The highest BCUT2D eigenvalue weighted by Gasteiger charge is 2.50. The molecule has 90 heavy (non-hydrogen) atoms. The van der Waals surface area contributed by atoms with E-state index in [1.807, 2.05) is 24.3 Å². The van der Waals surface area contributed by atoms with Crippen LogP contribution in [0.15, 0.2) is 66.7 Å². The lowest BCUT2D eigenvalue weighted by molar-refractivity contribution is -0.147. The Morgan fingerprint density at radius 3 is 2.00 bits per heavy atom. The number of ether oxygens (including phenoxy) is 2. The van der Waals surface area contributed by atoms with Crippen LogP contribution in [0.3, 0.4) is 0 Å². The lowest BCUT2D eigenvalue weighted by atomic mass is 9.98. The molecule has 0 bridgehead atoms. The van der Waals surface area contributed by atoms with Crippen LogP contribution in [0.2, 0.25) is 0 Å². The topological polar surface area (TPSA) is 462 Å². The first-order valence-corrected chi connectivity index (χ1v) is 31.5. The number of hydrogen-bond acceptors (Lipinski definition) is 23. The van der Waals surface area contributed by atoms with E-state index in [1.165, 1.54) is 30.4 Å². The van der Waals surface area contributed by atoms with Gasteiger partial charge in [0.15, 0.2) is 11.5 Å². The molecule has 3 fully saturated rings. The molecule has 1 aromatic heterocycles. The number of aliphatic hydroxyl groups is 6. The molecular weight excluding hydrogens is 1220 g/mol. The van der Waals surface area contributed by atoms with Gasteiger partial charge in [-0.15, -0.1) is 10.2 Å². The predicted octanol–water partition coefficient (Wildman–Crippen LogP) is -1.97. The summed E-state index contributed by atoms with van der Waals surface area (Å²) in [5.74, 6) is -9.79. The van der Waals surface area contributed by atoms with Gasteiger partial charge in [-0.2, -0.15) is 8.42 Å². The number of aromatic nitrogens is 2. The van der Waals surface area contributed by atoms with Gasteiger partial charge in [0.1, 0.15) is 52.0 Å². The number of aliphatic hydroxyl groups excluding tert-OH is 6. The van der Waals surface area contributed by atoms with Crippen molar-refractivity contribution in [1.29, 1.82) is 0 Å². The van der Waals surface area contributed by atoms with E-state index >= 15 is 0 Å². The van der Waals surface area contributed by atoms with E-state index in [-0.39, 0.29) is 30.6 Å². The molecule has 0 aliphatic carbocycles. The molecular formula is C58H78N10O20S2. The number of nitrogens with zero attached hydrogens (tertiary/aromatic N) is 4. The van der Waals surface area contributed by atoms with Crippen molar-refractivity contribution in [3.05, 3.63) is 77.9 Å². The van der Waals surface area contributed by atoms with E-state index in [0.717, 1.165) is 79.2 Å². The van der Waals surface area contributed by atoms with E-state index < -0.39 is 174 Å². The first kappa shape index (κ1) is 70.0. The normalized spacial score (nSPS) is 25.1. The summed E-state index contributed by atoms with van der Waals surface area (Å²) in [6.07, 6.45) is -7.57. The van der Waals surface area contributed by atoms with Crippen LogP contribution >= 0.6 is 11.3 Å². The standard InChI is InChI=1S/C58H78N10O20S2/c1-30-28-68-48(49(30)75)54(80)60-27-36(70)25-39(61-50(76)33-10-12-34(13-11-33)55-65-66-56(89-55)35-14-16-38(17-15-35)87-22-8-6-4-5-7-21-86-3)51(77)62-45(31(2)69)57(81)67-29-37(71)26-40(67)52(78)63-46(53(79)64-47(58(68)82)42(73)19-20-59)43(74)23-32-9-18-41(72)44(24-32)88-90(83,84)85/h9-18,24,30-31,36-37,39-40,42-43,45-49,69-75H,4-8,19-23,25-29,59H2,1-3H3,(H,60,80)(H,61,76)(H,62,77)(H,63,78)(H,64,79)(H,83,84,85)/t30-,31+,36+,37+,39?,40?,42+,43+,45-,46-,47?,48?,49-/m0/s1. The molecule has 32 heteroatoms. The summed E-state index contributed by atoms with van der Waals surface area (Å²) in [5.41, 5.74) is 7.04. The van der Waals surface area contributed by atoms with Gasteiger partial charge >= 0.3 is 10.4 Å². The fourth-order valence-corrected chi connectivity index (χ4v) is 11.9. The van der Waals surface area contributed by atoms with E-state index in [2.05, 4.69) is 41.0 Å². The fourth-order valence-electron chi connectivity index (χ4n) is 10.7. The Hall–Kier alpha value is -7.50. The SMILES string of the molecule is COCCCCCCCOc1ccc(-c2nnc(-c3ccc(C(=O)NC4C[C@@H](O)CNC(=O)C5[C@@H](O)[C@@H](C)CN5C(=O)C([C@H](O)CCN)NC(=O)[C@H]([C@H](O)Cc5ccc(O)c(OS(=O)(=O)O)c5)NC(=O)C5C[C@@H](O)CN5C(=O)[C@H]([C@@H](C)O)NC4=O)cc3)s2)cc1. The highest BCUT2D eigenvalue weighted by atomic mass is 32.3. The molecule has 4 unspecified atom stereocenters. The highest BCUT2D eigenvalue weighted by molar-refractivity contribution is 7.81. The Morgan fingerprint density at radius 1 is 0.756 bits per heavy atom. The van der Waals surface area contributed by atoms with Crippen molar-refractivity contribution in [2.75, 3.05) is 46.5 Å². The maximum Gasteiger partial charge on any atom is 0.446 e. The molecule has 0 radical (unpaired) electrons. The summed E-state index contributed by atoms with van der Waals surface area (Å²) < 4.78 is 47.8. The molecule has 7 amide bonds. The minimum Gasteiger partial charge on any atom is -0.504 e. The number of methoxy groups -OCH3 is 1. The third kappa shape index (κ3) is 18.6. The zero-order valence-electron chi connectivity index (χ0n) is 49.6. The zero-order valence-corrected chi connectivity index (χ0v) is 51.3. The number of carbonyl (C=O) groups excluding carboxylic acids is 7. The van der Waals surface area contributed by atoms with Crippen molar-refractivity contribution >= 4 is 63.1 Å².